The largest absolute Gasteiger partial charge is 0.544 e. The fourth-order valence-corrected chi connectivity index (χ4v) is 5.07. The Morgan fingerprint density at radius 3 is 1.78 bits per heavy atom. The van der Waals surface area contributed by atoms with Gasteiger partial charge in [-0.15, -0.1) is 0 Å². The highest BCUT2D eigenvalue weighted by Gasteiger charge is 2.25. The van der Waals surface area contributed by atoms with Gasteiger partial charge in [-0.25, -0.2) is 0 Å². The summed E-state index contributed by atoms with van der Waals surface area (Å²) in [6, 6.07) is -0.727. The number of quaternary nitrogens is 1. The van der Waals surface area contributed by atoms with Crippen LogP contribution in [0.3, 0.4) is 0 Å². The van der Waals surface area contributed by atoms with Gasteiger partial charge in [-0.1, -0.05) is 122 Å². The van der Waals surface area contributed by atoms with Crippen molar-refractivity contribution in [3.63, 3.8) is 0 Å². The first-order valence-electron chi connectivity index (χ1n) is 17.9. The Bertz CT molecular complexity index is 803. The number of aliphatic carboxylic acids is 1. The topological polar surface area (TPSA) is 102 Å². The van der Waals surface area contributed by atoms with Gasteiger partial charge in [0.1, 0.15) is 12.6 Å². The Kier molecular flexibility index (Phi) is 27.8. The van der Waals surface area contributed by atoms with Crippen molar-refractivity contribution < 1.29 is 38.2 Å². The Morgan fingerprint density at radius 1 is 0.689 bits per heavy atom. The summed E-state index contributed by atoms with van der Waals surface area (Å²) in [6.07, 6.45) is 28.1. The van der Waals surface area contributed by atoms with E-state index in [2.05, 4.69) is 26.0 Å². The molecular formula is C37H67NO7. The lowest BCUT2D eigenvalue weighted by Gasteiger charge is -2.34. The van der Waals surface area contributed by atoms with Gasteiger partial charge >= 0.3 is 11.9 Å². The number of nitrogens with zero attached hydrogens (tertiary/aromatic N) is 1. The lowest BCUT2D eigenvalue weighted by Crippen LogP contribution is -2.55. The van der Waals surface area contributed by atoms with E-state index in [1.807, 2.05) is 12.2 Å². The van der Waals surface area contributed by atoms with Gasteiger partial charge in [0.2, 0.25) is 0 Å². The van der Waals surface area contributed by atoms with E-state index >= 15 is 0 Å². The van der Waals surface area contributed by atoms with Crippen molar-refractivity contribution in [2.45, 2.75) is 154 Å². The van der Waals surface area contributed by atoms with Crippen molar-refractivity contribution in [3.05, 3.63) is 24.3 Å². The molecule has 8 nitrogen and oxygen atoms in total. The number of rotatable bonds is 31. The minimum absolute atomic E-state index is 0.0261. The van der Waals surface area contributed by atoms with E-state index in [-0.39, 0.29) is 49.1 Å². The van der Waals surface area contributed by atoms with Gasteiger partial charge in [-0.05, 0) is 25.7 Å². The van der Waals surface area contributed by atoms with Gasteiger partial charge in [0, 0.05) is 19.3 Å². The van der Waals surface area contributed by atoms with Crippen molar-refractivity contribution in [2.24, 2.45) is 0 Å². The molecule has 0 saturated heterocycles. The number of carbonyl (C=O) groups is 3. The lowest BCUT2D eigenvalue weighted by atomic mass is 10.0. The summed E-state index contributed by atoms with van der Waals surface area (Å²) in [5, 5.41) is 11.5. The summed E-state index contributed by atoms with van der Waals surface area (Å²) in [5.74, 6) is -1.83. The van der Waals surface area contributed by atoms with Crippen molar-refractivity contribution in [1.29, 1.82) is 0 Å². The van der Waals surface area contributed by atoms with E-state index in [1.54, 1.807) is 21.1 Å². The van der Waals surface area contributed by atoms with Crippen molar-refractivity contribution in [2.75, 3.05) is 41.0 Å². The van der Waals surface area contributed by atoms with Gasteiger partial charge < -0.3 is 28.6 Å². The fraction of sp³-hybridized carbons (Fsp3) is 0.811. The van der Waals surface area contributed by atoms with Crippen LogP contribution in [0.1, 0.15) is 142 Å². The maximum atomic E-state index is 12.6. The summed E-state index contributed by atoms with van der Waals surface area (Å²) in [5.41, 5.74) is 0. The lowest BCUT2D eigenvalue weighted by molar-refractivity contribution is -0.889. The van der Waals surface area contributed by atoms with Crippen molar-refractivity contribution >= 4 is 17.9 Å². The van der Waals surface area contributed by atoms with E-state index in [0.29, 0.717) is 12.8 Å². The number of carboxylic acid groups (broad SMARTS) is 1. The second-order valence-electron chi connectivity index (χ2n) is 13.1. The summed E-state index contributed by atoms with van der Waals surface area (Å²) >= 11 is 0. The van der Waals surface area contributed by atoms with Crippen molar-refractivity contribution in [1.82, 2.24) is 0 Å². The number of unbranched alkanes of at least 4 members (excludes halogenated alkanes) is 13. The Hall–Kier alpha value is -2.19. The molecule has 0 aliphatic heterocycles. The van der Waals surface area contributed by atoms with E-state index < -0.39 is 18.1 Å². The molecule has 0 aromatic carbocycles. The smallest absolute Gasteiger partial charge is 0.306 e. The van der Waals surface area contributed by atoms with Crippen LogP contribution in [0.2, 0.25) is 0 Å². The molecule has 262 valence electrons. The number of carboxylic acids is 1. The zero-order valence-corrected chi connectivity index (χ0v) is 29.5. The summed E-state index contributed by atoms with van der Waals surface area (Å²) < 4.78 is 16.9. The average Bonchev–Trinajstić information content (AvgIpc) is 2.98. The second kappa shape index (κ2) is 29.2. The van der Waals surface area contributed by atoms with Crippen LogP contribution in [-0.4, -0.2) is 75.5 Å². The fourth-order valence-electron chi connectivity index (χ4n) is 5.07. The SMILES string of the molecule is CC/C=C/C/C=C/CCC(=O)OCC(COCCC(C(=O)[O-])[N+](C)(C)C)OC(=O)CCCCCCCCCCCCCCCC. The Labute approximate surface area is 275 Å². The zero-order valence-electron chi connectivity index (χ0n) is 29.5. The molecule has 0 radical (unpaired) electrons. The predicted octanol–water partition coefficient (Wildman–Crippen LogP) is 7.24. The van der Waals surface area contributed by atoms with Gasteiger partial charge in [0.25, 0.3) is 0 Å². The van der Waals surface area contributed by atoms with E-state index in [0.717, 1.165) is 32.1 Å². The molecule has 0 amide bonds. The molecule has 0 bridgehead atoms. The molecule has 0 aromatic rings. The molecule has 0 aliphatic rings. The second-order valence-corrected chi connectivity index (χ2v) is 13.1. The Balaban J connectivity index is 4.42. The standard InChI is InChI=1S/C37H67NO7/c1-6-8-10-12-14-15-16-17-18-19-20-22-24-26-28-36(40)45-33(31-43-30-29-34(37(41)42)38(3,4)5)32-44-35(39)27-25-23-21-13-11-9-7-2/h9,11,21,23,33-34H,6-8,10,12-20,22,24-32H2,1-5H3/b11-9+,23-21+. The highest BCUT2D eigenvalue weighted by atomic mass is 16.6. The molecule has 0 aromatic heterocycles. The molecular weight excluding hydrogens is 570 g/mol. The highest BCUT2D eigenvalue weighted by Crippen LogP contribution is 2.14. The van der Waals surface area contributed by atoms with Gasteiger partial charge in [-0.2, -0.15) is 0 Å². The third-order valence-electron chi connectivity index (χ3n) is 7.87. The minimum atomic E-state index is -1.13. The van der Waals surface area contributed by atoms with Crippen LogP contribution in [0, 0.1) is 0 Å². The molecule has 0 rings (SSSR count). The summed E-state index contributed by atoms with van der Waals surface area (Å²) in [6.45, 7) is 4.43. The number of esters is 2. The first kappa shape index (κ1) is 42.8. The van der Waals surface area contributed by atoms with Crippen LogP contribution in [0.5, 0.6) is 0 Å². The maximum Gasteiger partial charge on any atom is 0.306 e. The molecule has 2 unspecified atom stereocenters. The molecule has 0 aliphatic carbocycles. The molecule has 2 atom stereocenters. The first-order valence-corrected chi connectivity index (χ1v) is 17.9. The van der Waals surface area contributed by atoms with E-state index in [1.165, 1.54) is 70.6 Å². The van der Waals surface area contributed by atoms with Gasteiger partial charge in [0.15, 0.2) is 6.10 Å². The normalized spacial score (nSPS) is 13.4. The number of likely N-dealkylation sites (N-methyl/N-ethyl adjacent to an activating group) is 1. The average molecular weight is 638 g/mol. The quantitative estimate of drug-likeness (QED) is 0.0342. The van der Waals surface area contributed by atoms with E-state index in [9.17, 15) is 19.5 Å². The van der Waals surface area contributed by atoms with Crippen LogP contribution in [0.25, 0.3) is 0 Å². The number of hydrogen-bond acceptors (Lipinski definition) is 7. The number of ether oxygens (including phenoxy) is 3. The van der Waals surface area contributed by atoms with Gasteiger partial charge in [-0.3, -0.25) is 9.59 Å². The molecule has 0 heterocycles. The summed E-state index contributed by atoms with van der Waals surface area (Å²) in [7, 11) is 5.37. The molecule has 45 heavy (non-hydrogen) atoms. The van der Waals surface area contributed by atoms with Crippen LogP contribution in [0.15, 0.2) is 24.3 Å². The summed E-state index contributed by atoms with van der Waals surface area (Å²) in [4.78, 5) is 36.4. The van der Waals surface area contributed by atoms with Gasteiger partial charge in [0.05, 0.1) is 40.3 Å². The number of hydrogen-bond donors (Lipinski definition) is 0. The Morgan fingerprint density at radius 2 is 1.24 bits per heavy atom. The van der Waals surface area contributed by atoms with Crippen LogP contribution in [0.4, 0.5) is 0 Å². The van der Waals surface area contributed by atoms with Crippen molar-refractivity contribution in [3.8, 4) is 0 Å². The molecule has 8 heteroatoms. The molecule has 0 fully saturated rings. The first-order chi connectivity index (χ1) is 21.6. The third kappa shape index (κ3) is 27.8. The third-order valence-corrected chi connectivity index (χ3v) is 7.87. The maximum absolute atomic E-state index is 12.6. The number of allylic oxidation sites excluding steroid dienone is 4. The van der Waals surface area contributed by atoms with Crippen LogP contribution >= 0.6 is 0 Å². The molecule has 0 N–H and O–H groups in total. The zero-order chi connectivity index (χ0) is 33.6. The monoisotopic (exact) mass is 637 g/mol. The van der Waals surface area contributed by atoms with Crippen LogP contribution < -0.4 is 5.11 Å². The van der Waals surface area contributed by atoms with E-state index in [4.69, 9.17) is 14.2 Å². The van der Waals surface area contributed by atoms with Crippen LogP contribution in [-0.2, 0) is 28.6 Å². The minimum Gasteiger partial charge on any atom is -0.544 e. The predicted molar refractivity (Wildman–Crippen MR) is 180 cm³/mol. The molecule has 0 saturated carbocycles. The number of carbonyl (C=O) groups excluding carboxylic acids is 3. The highest BCUT2D eigenvalue weighted by molar-refractivity contribution is 5.70. The molecule has 0 spiro atoms.